The Labute approximate surface area is 188 Å². The minimum absolute atomic E-state index is 0.244. The van der Waals surface area contributed by atoms with Crippen molar-refractivity contribution in [1.82, 2.24) is 19.9 Å². The molecule has 9 nitrogen and oxygen atoms in total. The third-order valence-corrected chi connectivity index (χ3v) is 5.81. The summed E-state index contributed by atoms with van der Waals surface area (Å²) >= 11 is 1.52. The van der Waals surface area contributed by atoms with E-state index < -0.39 is 6.09 Å². The fraction of sp³-hybridized carbons (Fsp3) is 0.182. The Kier molecular flexibility index (Phi) is 6.43. The third kappa shape index (κ3) is 4.93. The maximum atomic E-state index is 11.4. The van der Waals surface area contributed by atoms with Crippen molar-refractivity contribution in [3.8, 4) is 22.1 Å². The summed E-state index contributed by atoms with van der Waals surface area (Å²) in [4.78, 5) is 26.6. The maximum absolute atomic E-state index is 11.4. The molecule has 32 heavy (non-hydrogen) atoms. The molecule has 0 unspecified atom stereocenters. The molecule has 0 aliphatic carbocycles. The van der Waals surface area contributed by atoms with Crippen molar-refractivity contribution < 1.29 is 19.4 Å². The first-order chi connectivity index (χ1) is 15.5. The number of ether oxygens (including phenoxy) is 2. The number of rotatable bonds is 8. The second-order valence-corrected chi connectivity index (χ2v) is 7.96. The van der Waals surface area contributed by atoms with E-state index in [0.717, 1.165) is 26.4 Å². The molecule has 0 saturated carbocycles. The van der Waals surface area contributed by atoms with Gasteiger partial charge in [-0.2, -0.15) is 0 Å². The van der Waals surface area contributed by atoms with Crippen molar-refractivity contribution in [3.05, 3.63) is 60.6 Å². The van der Waals surface area contributed by atoms with E-state index in [0.29, 0.717) is 30.5 Å². The Bertz CT molecular complexity index is 1210. The average Bonchev–Trinajstić information content (AvgIpc) is 3.24. The number of methoxy groups -OCH3 is 1. The van der Waals surface area contributed by atoms with Crippen LogP contribution in [0.3, 0.4) is 0 Å². The molecule has 1 amide bonds. The van der Waals surface area contributed by atoms with Crippen LogP contribution in [0, 0.1) is 0 Å². The maximum Gasteiger partial charge on any atom is 0.407 e. The predicted molar refractivity (Wildman–Crippen MR) is 122 cm³/mol. The van der Waals surface area contributed by atoms with Crippen molar-refractivity contribution >= 4 is 33.5 Å². The number of hydrogen-bond acceptors (Lipinski definition) is 8. The number of anilines is 1. The summed E-state index contributed by atoms with van der Waals surface area (Å²) in [5.41, 5.74) is 8.00. The highest BCUT2D eigenvalue weighted by molar-refractivity contribution is 7.22. The summed E-state index contributed by atoms with van der Waals surface area (Å²) < 4.78 is 11.8. The summed E-state index contributed by atoms with van der Waals surface area (Å²) in [6, 6.07) is 11.0. The number of nitrogens with two attached hydrogens (primary N) is 1. The van der Waals surface area contributed by atoms with Crippen LogP contribution >= 0.6 is 11.3 Å². The minimum atomic E-state index is -0.995. The lowest BCUT2D eigenvalue weighted by Gasteiger charge is -2.18. The molecule has 164 valence electrons. The molecule has 4 heterocycles. The van der Waals surface area contributed by atoms with Gasteiger partial charge in [0.2, 0.25) is 0 Å². The fourth-order valence-electron chi connectivity index (χ4n) is 3.03. The molecule has 0 fully saturated rings. The van der Waals surface area contributed by atoms with E-state index >= 15 is 0 Å². The third-order valence-electron chi connectivity index (χ3n) is 4.65. The van der Waals surface area contributed by atoms with E-state index in [9.17, 15) is 9.90 Å². The van der Waals surface area contributed by atoms with Crippen LogP contribution in [-0.4, -0.2) is 51.3 Å². The molecule has 0 saturated heterocycles. The Morgan fingerprint density at radius 3 is 2.72 bits per heavy atom. The van der Waals surface area contributed by atoms with Crippen LogP contribution in [0.25, 0.3) is 20.8 Å². The van der Waals surface area contributed by atoms with E-state index in [4.69, 9.17) is 15.2 Å². The lowest BCUT2D eigenvalue weighted by molar-refractivity contribution is 0.115. The SMILES string of the molecule is COCCN(Cc1ccc(-c2cc3nccc(Oc4ccc(N)nc4)c3s2)nc1)C(=O)O. The van der Waals surface area contributed by atoms with E-state index in [1.165, 1.54) is 16.2 Å². The Morgan fingerprint density at radius 2 is 2.03 bits per heavy atom. The number of carboxylic acid groups (broad SMARTS) is 1. The number of hydrogen-bond donors (Lipinski definition) is 2. The van der Waals surface area contributed by atoms with Crippen LogP contribution in [0.5, 0.6) is 11.5 Å². The monoisotopic (exact) mass is 451 g/mol. The second-order valence-electron chi connectivity index (χ2n) is 6.90. The van der Waals surface area contributed by atoms with Gasteiger partial charge in [0.1, 0.15) is 17.3 Å². The second kappa shape index (κ2) is 9.58. The van der Waals surface area contributed by atoms with Gasteiger partial charge >= 0.3 is 6.09 Å². The van der Waals surface area contributed by atoms with Gasteiger partial charge in [0, 0.05) is 32.1 Å². The Hall–Kier alpha value is -3.76. The first kappa shape index (κ1) is 21.5. The Morgan fingerprint density at radius 1 is 1.16 bits per heavy atom. The van der Waals surface area contributed by atoms with Gasteiger partial charge in [-0.25, -0.2) is 9.78 Å². The van der Waals surface area contributed by atoms with E-state index in [2.05, 4.69) is 15.0 Å². The average molecular weight is 452 g/mol. The van der Waals surface area contributed by atoms with E-state index in [-0.39, 0.29) is 6.54 Å². The molecule has 4 aromatic heterocycles. The number of nitrogen functional groups attached to an aromatic ring is 1. The fourth-order valence-corrected chi connectivity index (χ4v) is 4.07. The standard InChI is InChI=1S/C22H21N5O4S/c1-30-9-8-27(22(28)29)13-14-2-4-16(25-11-14)19-10-17-21(32-19)18(6-7-24-17)31-15-3-5-20(23)26-12-15/h2-7,10-12H,8-9,13H2,1H3,(H2,23,26)(H,28,29). The molecule has 0 spiro atoms. The number of fused-ring (bicyclic) bond motifs is 1. The highest BCUT2D eigenvalue weighted by atomic mass is 32.1. The zero-order chi connectivity index (χ0) is 22.5. The van der Waals surface area contributed by atoms with Crippen LogP contribution in [0.15, 0.2) is 55.0 Å². The summed E-state index contributed by atoms with van der Waals surface area (Å²) in [5.74, 6) is 1.68. The number of thiophene rings is 1. The van der Waals surface area contributed by atoms with Gasteiger partial charge in [-0.1, -0.05) is 6.07 Å². The molecule has 0 radical (unpaired) electrons. The Balaban J connectivity index is 1.54. The van der Waals surface area contributed by atoms with Gasteiger partial charge in [0.05, 0.1) is 40.1 Å². The van der Waals surface area contributed by atoms with Gasteiger partial charge in [-0.3, -0.25) is 9.97 Å². The van der Waals surface area contributed by atoms with Crippen molar-refractivity contribution in [2.24, 2.45) is 0 Å². The van der Waals surface area contributed by atoms with Crippen LogP contribution < -0.4 is 10.5 Å². The van der Waals surface area contributed by atoms with Gasteiger partial charge < -0.3 is 25.2 Å². The smallest absolute Gasteiger partial charge is 0.407 e. The molecule has 0 atom stereocenters. The van der Waals surface area contributed by atoms with Crippen LogP contribution in [0.4, 0.5) is 10.6 Å². The molecular formula is C22H21N5O4S. The lowest BCUT2D eigenvalue weighted by atomic mass is 10.2. The topological polar surface area (TPSA) is 124 Å². The molecule has 3 N–H and O–H groups in total. The molecule has 4 rings (SSSR count). The molecule has 0 aromatic carbocycles. The van der Waals surface area contributed by atoms with Crippen molar-refractivity contribution in [2.45, 2.75) is 6.54 Å². The van der Waals surface area contributed by atoms with Crippen LogP contribution in [0.2, 0.25) is 0 Å². The lowest BCUT2D eigenvalue weighted by Crippen LogP contribution is -2.32. The molecule has 0 aliphatic rings. The number of nitrogens with zero attached hydrogens (tertiary/aromatic N) is 4. The minimum Gasteiger partial charge on any atom is -0.465 e. The van der Waals surface area contributed by atoms with Crippen molar-refractivity contribution in [1.29, 1.82) is 0 Å². The van der Waals surface area contributed by atoms with Gasteiger partial charge in [0.25, 0.3) is 0 Å². The summed E-state index contributed by atoms with van der Waals surface area (Å²) in [5, 5.41) is 9.34. The van der Waals surface area contributed by atoms with Crippen LogP contribution in [-0.2, 0) is 11.3 Å². The molecule has 0 aliphatic heterocycles. The van der Waals surface area contributed by atoms with Gasteiger partial charge in [0.15, 0.2) is 0 Å². The van der Waals surface area contributed by atoms with Crippen molar-refractivity contribution in [2.75, 3.05) is 26.0 Å². The molecule has 4 aromatic rings. The first-order valence-corrected chi connectivity index (χ1v) is 10.5. The number of carbonyl (C=O) groups is 1. The first-order valence-electron chi connectivity index (χ1n) is 9.73. The number of pyridine rings is 3. The van der Waals surface area contributed by atoms with E-state index in [1.54, 1.807) is 43.9 Å². The summed E-state index contributed by atoms with van der Waals surface area (Å²) in [6.07, 6.45) is 3.96. The highest BCUT2D eigenvalue weighted by Crippen LogP contribution is 2.38. The van der Waals surface area contributed by atoms with E-state index in [1.807, 2.05) is 18.2 Å². The largest absolute Gasteiger partial charge is 0.465 e. The molecule has 0 bridgehead atoms. The predicted octanol–water partition coefficient (Wildman–Crippen LogP) is 4.25. The van der Waals surface area contributed by atoms with Crippen LogP contribution in [0.1, 0.15) is 5.56 Å². The summed E-state index contributed by atoms with van der Waals surface area (Å²) in [7, 11) is 1.54. The zero-order valence-corrected chi connectivity index (χ0v) is 18.1. The molecular weight excluding hydrogens is 430 g/mol. The van der Waals surface area contributed by atoms with Gasteiger partial charge in [-0.15, -0.1) is 11.3 Å². The van der Waals surface area contributed by atoms with Gasteiger partial charge in [-0.05, 0) is 29.8 Å². The number of amides is 1. The van der Waals surface area contributed by atoms with Crippen molar-refractivity contribution in [3.63, 3.8) is 0 Å². The highest BCUT2D eigenvalue weighted by Gasteiger charge is 2.14. The number of aromatic nitrogens is 3. The summed E-state index contributed by atoms with van der Waals surface area (Å²) in [6.45, 7) is 0.874. The molecule has 10 heteroatoms. The quantitative estimate of drug-likeness (QED) is 0.407. The zero-order valence-electron chi connectivity index (χ0n) is 17.3. The normalized spacial score (nSPS) is 10.9.